The lowest BCUT2D eigenvalue weighted by Crippen LogP contribution is -2.27. The molecule has 18 heavy (non-hydrogen) atoms. The van der Waals surface area contributed by atoms with Gasteiger partial charge in [-0.2, -0.15) is 0 Å². The van der Waals surface area contributed by atoms with Crippen LogP contribution < -0.4 is 0 Å². The van der Waals surface area contributed by atoms with Gasteiger partial charge in [0.25, 0.3) is 0 Å². The zero-order chi connectivity index (χ0) is 14.1. The summed E-state index contributed by atoms with van der Waals surface area (Å²) < 4.78 is 5.65. The maximum Gasteiger partial charge on any atom is 0.157 e. The Morgan fingerprint density at radius 1 is 0.889 bits per heavy atom. The Kier molecular flexibility index (Phi) is 9.76. The number of hydrogen-bond donors (Lipinski definition) is 1. The quantitative estimate of drug-likeness (QED) is 0.586. The van der Waals surface area contributed by atoms with Crippen molar-refractivity contribution < 1.29 is 9.84 Å². The summed E-state index contributed by atoms with van der Waals surface area (Å²) >= 11 is 0. The lowest BCUT2D eigenvalue weighted by molar-refractivity contribution is -0.144. The van der Waals surface area contributed by atoms with Crippen LogP contribution in [0.25, 0.3) is 0 Å². The van der Waals surface area contributed by atoms with Crippen LogP contribution in [-0.4, -0.2) is 18.0 Å². The van der Waals surface area contributed by atoms with Gasteiger partial charge in [-0.15, -0.1) is 0 Å². The molecule has 0 radical (unpaired) electrons. The summed E-state index contributed by atoms with van der Waals surface area (Å²) in [5.74, 6) is 2.14. The highest BCUT2D eigenvalue weighted by Crippen LogP contribution is 2.22. The van der Waals surface area contributed by atoms with Crippen molar-refractivity contribution in [1.82, 2.24) is 0 Å². The molecule has 4 atom stereocenters. The second kappa shape index (κ2) is 9.80. The minimum absolute atomic E-state index is 0.230. The SMILES string of the molecule is CCC(C)CC(C)C(O)OCC(C)C(CC)CC. The van der Waals surface area contributed by atoms with Gasteiger partial charge in [0, 0.05) is 5.92 Å². The molecule has 0 saturated heterocycles. The smallest absolute Gasteiger partial charge is 0.157 e. The van der Waals surface area contributed by atoms with E-state index >= 15 is 0 Å². The highest BCUT2D eigenvalue weighted by molar-refractivity contribution is 4.65. The normalized spacial score (nSPS) is 18.7. The van der Waals surface area contributed by atoms with Crippen LogP contribution >= 0.6 is 0 Å². The third-order valence-electron chi connectivity index (χ3n) is 4.34. The van der Waals surface area contributed by atoms with Gasteiger partial charge < -0.3 is 9.84 Å². The Morgan fingerprint density at radius 2 is 1.44 bits per heavy atom. The summed E-state index contributed by atoms with van der Waals surface area (Å²) in [6.45, 7) is 13.9. The molecule has 2 heteroatoms. The van der Waals surface area contributed by atoms with E-state index < -0.39 is 6.29 Å². The van der Waals surface area contributed by atoms with E-state index in [0.29, 0.717) is 24.4 Å². The lowest BCUT2D eigenvalue weighted by atomic mass is 9.90. The molecule has 0 spiro atoms. The molecule has 0 amide bonds. The summed E-state index contributed by atoms with van der Waals surface area (Å²) in [6, 6.07) is 0. The standard InChI is InChI=1S/C16H34O2/c1-7-12(4)10-13(5)16(17)18-11-14(6)15(8-2)9-3/h12-17H,7-11H2,1-6H3. The van der Waals surface area contributed by atoms with E-state index in [-0.39, 0.29) is 5.92 Å². The molecule has 0 aromatic rings. The fraction of sp³-hybridized carbons (Fsp3) is 1.00. The molecular weight excluding hydrogens is 224 g/mol. The Balaban J connectivity index is 3.97. The second-order valence-corrected chi connectivity index (χ2v) is 6.00. The summed E-state index contributed by atoms with van der Waals surface area (Å²) in [4.78, 5) is 0. The largest absolute Gasteiger partial charge is 0.368 e. The highest BCUT2D eigenvalue weighted by Gasteiger charge is 2.20. The van der Waals surface area contributed by atoms with E-state index in [9.17, 15) is 5.11 Å². The van der Waals surface area contributed by atoms with E-state index in [4.69, 9.17) is 4.74 Å². The first-order valence-corrected chi connectivity index (χ1v) is 7.75. The van der Waals surface area contributed by atoms with E-state index in [1.54, 1.807) is 0 Å². The average Bonchev–Trinajstić information content (AvgIpc) is 2.36. The zero-order valence-electron chi connectivity index (χ0n) is 13.3. The van der Waals surface area contributed by atoms with Crippen LogP contribution in [-0.2, 0) is 4.74 Å². The molecule has 0 rings (SSSR count). The molecule has 0 fully saturated rings. The van der Waals surface area contributed by atoms with Gasteiger partial charge in [0.15, 0.2) is 6.29 Å². The molecular formula is C16H34O2. The molecule has 0 aliphatic carbocycles. The van der Waals surface area contributed by atoms with Crippen molar-refractivity contribution in [3.63, 3.8) is 0 Å². The number of ether oxygens (including phenoxy) is 1. The summed E-state index contributed by atoms with van der Waals surface area (Å²) in [5.41, 5.74) is 0. The maximum atomic E-state index is 10.0. The summed E-state index contributed by atoms with van der Waals surface area (Å²) in [6.07, 6.45) is 3.99. The molecule has 2 nitrogen and oxygen atoms in total. The number of aliphatic hydroxyl groups excluding tert-OH is 1. The van der Waals surface area contributed by atoms with Crippen LogP contribution in [0.2, 0.25) is 0 Å². The van der Waals surface area contributed by atoms with Gasteiger partial charge in [0.1, 0.15) is 0 Å². The van der Waals surface area contributed by atoms with Gasteiger partial charge in [-0.05, 0) is 24.2 Å². The van der Waals surface area contributed by atoms with E-state index in [2.05, 4.69) is 41.5 Å². The minimum Gasteiger partial charge on any atom is -0.368 e. The highest BCUT2D eigenvalue weighted by atomic mass is 16.6. The van der Waals surface area contributed by atoms with Crippen LogP contribution in [0.5, 0.6) is 0 Å². The molecule has 4 unspecified atom stereocenters. The molecule has 0 bridgehead atoms. The average molecular weight is 258 g/mol. The first kappa shape index (κ1) is 17.9. The Labute approximate surface area is 114 Å². The van der Waals surface area contributed by atoms with E-state index in [0.717, 1.165) is 6.42 Å². The maximum absolute atomic E-state index is 10.0. The second-order valence-electron chi connectivity index (χ2n) is 6.00. The monoisotopic (exact) mass is 258 g/mol. The molecule has 0 aromatic carbocycles. The number of hydrogen-bond acceptors (Lipinski definition) is 2. The van der Waals surface area contributed by atoms with Gasteiger partial charge in [-0.3, -0.25) is 0 Å². The first-order chi connectivity index (χ1) is 8.46. The van der Waals surface area contributed by atoms with Gasteiger partial charge >= 0.3 is 0 Å². The Hall–Kier alpha value is -0.0800. The van der Waals surface area contributed by atoms with E-state index in [1.807, 2.05) is 0 Å². The van der Waals surface area contributed by atoms with Crippen molar-refractivity contribution in [1.29, 1.82) is 0 Å². The van der Waals surface area contributed by atoms with Gasteiger partial charge in [-0.1, -0.05) is 60.8 Å². The van der Waals surface area contributed by atoms with Gasteiger partial charge in [-0.25, -0.2) is 0 Å². The number of rotatable bonds is 10. The van der Waals surface area contributed by atoms with E-state index in [1.165, 1.54) is 19.3 Å². The molecule has 0 heterocycles. The first-order valence-electron chi connectivity index (χ1n) is 7.75. The lowest BCUT2D eigenvalue weighted by Gasteiger charge is -2.26. The van der Waals surface area contributed by atoms with Gasteiger partial charge in [0.05, 0.1) is 6.61 Å². The van der Waals surface area contributed by atoms with Crippen molar-refractivity contribution in [2.24, 2.45) is 23.7 Å². The zero-order valence-corrected chi connectivity index (χ0v) is 13.3. The molecule has 1 N–H and O–H groups in total. The van der Waals surface area contributed by atoms with Crippen LogP contribution in [0.1, 0.15) is 67.2 Å². The predicted molar refractivity (Wildman–Crippen MR) is 78.4 cm³/mol. The molecule has 0 saturated carbocycles. The topological polar surface area (TPSA) is 29.5 Å². The van der Waals surface area contributed by atoms with Crippen LogP contribution in [0, 0.1) is 23.7 Å². The Morgan fingerprint density at radius 3 is 1.89 bits per heavy atom. The molecule has 110 valence electrons. The van der Waals surface area contributed by atoms with Crippen LogP contribution in [0.15, 0.2) is 0 Å². The van der Waals surface area contributed by atoms with Crippen molar-refractivity contribution in [2.45, 2.75) is 73.5 Å². The number of aliphatic hydroxyl groups is 1. The van der Waals surface area contributed by atoms with Crippen LogP contribution in [0.3, 0.4) is 0 Å². The Bertz CT molecular complexity index is 190. The summed E-state index contributed by atoms with van der Waals surface area (Å²) in [5, 5.41) is 10.0. The predicted octanol–water partition coefficient (Wildman–Crippen LogP) is 4.47. The fourth-order valence-electron chi connectivity index (χ4n) is 2.56. The molecule has 0 aromatic heterocycles. The third-order valence-corrected chi connectivity index (χ3v) is 4.34. The fourth-order valence-corrected chi connectivity index (χ4v) is 2.56. The molecule has 0 aliphatic heterocycles. The minimum atomic E-state index is -0.601. The van der Waals surface area contributed by atoms with Crippen molar-refractivity contribution in [2.75, 3.05) is 6.61 Å². The van der Waals surface area contributed by atoms with Crippen LogP contribution in [0.4, 0.5) is 0 Å². The van der Waals surface area contributed by atoms with Crippen molar-refractivity contribution >= 4 is 0 Å². The molecule has 0 aliphatic rings. The van der Waals surface area contributed by atoms with Gasteiger partial charge in [0.2, 0.25) is 0 Å². The third kappa shape index (κ3) is 6.75. The van der Waals surface area contributed by atoms with Crippen molar-refractivity contribution in [3.05, 3.63) is 0 Å². The van der Waals surface area contributed by atoms with Crippen molar-refractivity contribution in [3.8, 4) is 0 Å². The summed E-state index contributed by atoms with van der Waals surface area (Å²) in [7, 11) is 0.